The minimum absolute atomic E-state index is 0.00403. The average Bonchev–Trinajstić information content (AvgIpc) is 2.73. The second-order valence-electron chi connectivity index (χ2n) is 6.89. The van der Waals surface area contributed by atoms with Crippen molar-refractivity contribution in [2.75, 3.05) is 38.3 Å². The van der Waals surface area contributed by atoms with Crippen molar-refractivity contribution in [3.05, 3.63) is 59.7 Å². The van der Waals surface area contributed by atoms with Crippen LogP contribution in [0.15, 0.2) is 48.5 Å². The van der Waals surface area contributed by atoms with Crippen molar-refractivity contribution in [1.29, 1.82) is 0 Å². The van der Waals surface area contributed by atoms with Crippen LogP contribution in [0.25, 0.3) is 6.08 Å². The molecule has 2 aromatic rings. The zero-order chi connectivity index (χ0) is 19.9. The topological polar surface area (TPSA) is 48.0 Å². The number of methoxy groups -OCH3 is 1. The average molecular weight is 381 g/mol. The molecule has 0 aromatic heterocycles. The third-order valence-corrected chi connectivity index (χ3v) is 4.50. The molecule has 28 heavy (non-hydrogen) atoms. The lowest BCUT2D eigenvalue weighted by Crippen LogP contribution is -2.36. The molecule has 0 atom stereocenters. The number of hydrogen-bond donors (Lipinski definition) is 0. The summed E-state index contributed by atoms with van der Waals surface area (Å²) in [5.41, 5.74) is 2.52. The van der Waals surface area contributed by atoms with Gasteiger partial charge in [0.15, 0.2) is 17.3 Å². The van der Waals surface area contributed by atoms with E-state index in [1.807, 2.05) is 56.3 Å². The number of para-hydroxylation sites is 1. The summed E-state index contributed by atoms with van der Waals surface area (Å²) in [4.78, 5) is 15.0. The van der Waals surface area contributed by atoms with Crippen LogP contribution in [0.4, 0.5) is 5.69 Å². The smallest absolute Gasteiger partial charge is 0.185 e. The van der Waals surface area contributed by atoms with Gasteiger partial charge in [-0.25, -0.2) is 0 Å². The molecular weight excluding hydrogens is 354 g/mol. The highest BCUT2D eigenvalue weighted by Crippen LogP contribution is 2.33. The van der Waals surface area contributed by atoms with Crippen molar-refractivity contribution in [2.45, 2.75) is 20.0 Å². The second kappa shape index (κ2) is 9.42. The third kappa shape index (κ3) is 4.93. The Balaban J connectivity index is 1.80. The van der Waals surface area contributed by atoms with E-state index in [9.17, 15) is 4.79 Å². The molecule has 3 rings (SSSR count). The van der Waals surface area contributed by atoms with Crippen LogP contribution in [0.5, 0.6) is 11.5 Å². The van der Waals surface area contributed by atoms with Crippen LogP contribution in [0, 0.1) is 0 Å². The minimum atomic E-state index is -0.0478. The predicted molar refractivity (Wildman–Crippen MR) is 112 cm³/mol. The molecule has 1 fully saturated rings. The zero-order valence-electron chi connectivity index (χ0n) is 16.7. The Morgan fingerprint density at radius 2 is 1.89 bits per heavy atom. The fourth-order valence-electron chi connectivity index (χ4n) is 3.13. The van der Waals surface area contributed by atoms with Crippen LogP contribution >= 0.6 is 0 Å². The number of carbonyl (C=O) groups is 1. The minimum Gasteiger partial charge on any atom is -0.493 e. The standard InChI is InChI=1S/C23H27NO4/c1-17(2)28-23-18(6-5-9-22(23)26-3)10-11-21(25)19-7-4-8-20(16-19)24-12-14-27-15-13-24/h4-11,16-17H,12-15H2,1-3H3/b11-10+. The number of carbonyl (C=O) groups excluding carboxylic acids is 1. The number of morpholine rings is 1. The maximum atomic E-state index is 12.7. The van der Waals surface area contributed by atoms with E-state index >= 15 is 0 Å². The van der Waals surface area contributed by atoms with E-state index < -0.39 is 0 Å². The molecule has 2 aromatic carbocycles. The molecule has 5 heteroatoms. The highest BCUT2D eigenvalue weighted by Gasteiger charge is 2.14. The Bertz CT molecular complexity index is 838. The molecule has 148 valence electrons. The molecule has 0 aliphatic carbocycles. The number of rotatable bonds is 7. The quantitative estimate of drug-likeness (QED) is 0.531. The van der Waals surface area contributed by atoms with Crippen LogP contribution in [0.2, 0.25) is 0 Å². The molecule has 0 radical (unpaired) electrons. The maximum Gasteiger partial charge on any atom is 0.185 e. The van der Waals surface area contributed by atoms with Crippen molar-refractivity contribution < 1.29 is 19.0 Å². The van der Waals surface area contributed by atoms with Gasteiger partial charge in [0.05, 0.1) is 26.4 Å². The lowest BCUT2D eigenvalue weighted by atomic mass is 10.1. The van der Waals surface area contributed by atoms with Crippen LogP contribution in [-0.4, -0.2) is 45.3 Å². The van der Waals surface area contributed by atoms with Gasteiger partial charge in [-0.05, 0) is 44.2 Å². The fraction of sp³-hybridized carbons (Fsp3) is 0.348. The van der Waals surface area contributed by atoms with Crippen molar-refractivity contribution >= 4 is 17.5 Å². The van der Waals surface area contributed by atoms with Crippen molar-refractivity contribution in [3.63, 3.8) is 0 Å². The SMILES string of the molecule is COc1cccc(/C=C/C(=O)c2cccc(N3CCOCC3)c2)c1OC(C)C. The molecule has 1 aliphatic heterocycles. The van der Waals surface area contributed by atoms with E-state index in [1.165, 1.54) is 0 Å². The zero-order valence-corrected chi connectivity index (χ0v) is 16.7. The number of ether oxygens (including phenoxy) is 3. The summed E-state index contributed by atoms with van der Waals surface area (Å²) in [6.45, 7) is 7.03. The van der Waals surface area contributed by atoms with Crippen LogP contribution in [-0.2, 0) is 4.74 Å². The summed E-state index contributed by atoms with van der Waals surface area (Å²) < 4.78 is 16.7. The van der Waals surface area contributed by atoms with Crippen molar-refractivity contribution in [1.82, 2.24) is 0 Å². The fourth-order valence-corrected chi connectivity index (χ4v) is 3.13. The molecule has 0 spiro atoms. The van der Waals surface area contributed by atoms with Gasteiger partial charge in [-0.15, -0.1) is 0 Å². The van der Waals surface area contributed by atoms with E-state index in [1.54, 1.807) is 19.3 Å². The van der Waals surface area contributed by atoms with E-state index in [4.69, 9.17) is 14.2 Å². The lowest BCUT2D eigenvalue weighted by molar-refractivity contribution is 0.104. The summed E-state index contributed by atoms with van der Waals surface area (Å²) in [5.74, 6) is 1.25. The first-order valence-corrected chi connectivity index (χ1v) is 9.57. The largest absolute Gasteiger partial charge is 0.493 e. The van der Waals surface area contributed by atoms with Gasteiger partial charge in [0.2, 0.25) is 0 Å². The first kappa shape index (κ1) is 20.0. The molecule has 1 heterocycles. The van der Waals surface area contributed by atoms with Crippen molar-refractivity contribution in [3.8, 4) is 11.5 Å². The summed E-state index contributed by atoms with van der Waals surface area (Å²) >= 11 is 0. The Morgan fingerprint density at radius 1 is 1.14 bits per heavy atom. The van der Waals surface area contributed by atoms with E-state index in [0.717, 1.165) is 24.3 Å². The number of benzene rings is 2. The number of allylic oxidation sites excluding steroid dienone is 1. The van der Waals surface area contributed by atoms with E-state index in [0.29, 0.717) is 30.3 Å². The first-order valence-electron chi connectivity index (χ1n) is 9.57. The second-order valence-corrected chi connectivity index (χ2v) is 6.89. The van der Waals surface area contributed by atoms with Gasteiger partial charge in [-0.2, -0.15) is 0 Å². The van der Waals surface area contributed by atoms with Gasteiger partial charge >= 0.3 is 0 Å². The maximum absolute atomic E-state index is 12.7. The molecule has 1 aliphatic rings. The summed E-state index contributed by atoms with van der Waals surface area (Å²) in [6.07, 6.45) is 3.37. The molecule has 0 N–H and O–H groups in total. The summed E-state index contributed by atoms with van der Waals surface area (Å²) in [5, 5.41) is 0. The van der Waals surface area contributed by atoms with Gasteiger partial charge < -0.3 is 19.1 Å². The number of anilines is 1. The third-order valence-electron chi connectivity index (χ3n) is 4.50. The molecule has 0 saturated carbocycles. The Morgan fingerprint density at radius 3 is 2.61 bits per heavy atom. The van der Waals surface area contributed by atoms with Gasteiger partial charge in [0, 0.05) is 29.9 Å². The molecule has 0 amide bonds. The number of ketones is 1. The van der Waals surface area contributed by atoms with Gasteiger partial charge in [0.1, 0.15) is 0 Å². The summed E-state index contributed by atoms with van der Waals surface area (Å²) in [7, 11) is 1.61. The molecule has 0 bridgehead atoms. The molecular formula is C23H27NO4. The highest BCUT2D eigenvalue weighted by atomic mass is 16.5. The van der Waals surface area contributed by atoms with Crippen LogP contribution in [0.1, 0.15) is 29.8 Å². The van der Waals surface area contributed by atoms with E-state index in [-0.39, 0.29) is 11.9 Å². The lowest BCUT2D eigenvalue weighted by Gasteiger charge is -2.29. The first-order chi connectivity index (χ1) is 13.6. The summed E-state index contributed by atoms with van der Waals surface area (Å²) in [6, 6.07) is 13.4. The van der Waals surface area contributed by atoms with Crippen LogP contribution < -0.4 is 14.4 Å². The van der Waals surface area contributed by atoms with Gasteiger partial charge in [-0.3, -0.25) is 4.79 Å². The van der Waals surface area contributed by atoms with Gasteiger partial charge in [-0.1, -0.05) is 24.3 Å². The highest BCUT2D eigenvalue weighted by molar-refractivity contribution is 6.07. The van der Waals surface area contributed by atoms with Gasteiger partial charge in [0.25, 0.3) is 0 Å². The number of hydrogen-bond acceptors (Lipinski definition) is 5. The number of nitrogens with zero attached hydrogens (tertiary/aromatic N) is 1. The predicted octanol–water partition coefficient (Wildman–Crippen LogP) is 4.22. The monoisotopic (exact) mass is 381 g/mol. The van der Waals surface area contributed by atoms with Crippen molar-refractivity contribution in [2.24, 2.45) is 0 Å². The molecule has 0 unspecified atom stereocenters. The normalized spacial score (nSPS) is 14.5. The molecule has 1 saturated heterocycles. The Kier molecular flexibility index (Phi) is 6.71. The Labute approximate surface area is 166 Å². The Hall–Kier alpha value is -2.79. The van der Waals surface area contributed by atoms with Crippen LogP contribution in [0.3, 0.4) is 0 Å². The molecule has 5 nitrogen and oxygen atoms in total. The van der Waals surface area contributed by atoms with E-state index in [2.05, 4.69) is 4.90 Å².